The smallest absolute Gasteiger partial charge is 0.224 e. The second-order valence-electron chi connectivity index (χ2n) is 5.48. The molecule has 0 aliphatic carbocycles. The summed E-state index contributed by atoms with van der Waals surface area (Å²) in [7, 11) is 0. The van der Waals surface area contributed by atoms with Gasteiger partial charge in [0.25, 0.3) is 0 Å². The normalized spacial score (nSPS) is 11.7. The number of aryl methyl sites for hydroxylation is 1. The number of hydrogen-bond acceptors (Lipinski definition) is 4. The first kappa shape index (κ1) is 21.1. The van der Waals surface area contributed by atoms with E-state index < -0.39 is 5.41 Å². The largest absolute Gasteiger partial charge is 0.369 e. The molecule has 1 rings (SSSR count). The summed E-state index contributed by atoms with van der Waals surface area (Å²) in [4.78, 5) is 21.3. The molecule has 0 saturated heterocycles. The Morgan fingerprint density at radius 1 is 1.45 bits per heavy atom. The Hall–Kier alpha value is -0.900. The Kier molecular flexibility index (Phi) is 9.58. The fourth-order valence-electron chi connectivity index (χ4n) is 1.50. The van der Waals surface area contributed by atoms with E-state index in [0.717, 1.165) is 24.5 Å². The van der Waals surface area contributed by atoms with Crippen molar-refractivity contribution in [2.45, 2.75) is 34.1 Å². The van der Waals surface area contributed by atoms with Crippen LogP contribution in [0.1, 0.15) is 30.7 Å². The highest BCUT2D eigenvalue weighted by atomic mass is 127. The van der Waals surface area contributed by atoms with Crippen molar-refractivity contribution in [2.24, 2.45) is 16.1 Å². The number of thiazole rings is 1. The fraction of sp³-hybridized carbons (Fsp3) is 0.643. The molecule has 0 radical (unpaired) electrons. The van der Waals surface area contributed by atoms with Gasteiger partial charge in [0.05, 0.1) is 17.0 Å². The van der Waals surface area contributed by atoms with E-state index in [-0.39, 0.29) is 29.9 Å². The van der Waals surface area contributed by atoms with Crippen LogP contribution in [0.4, 0.5) is 0 Å². The third kappa shape index (κ3) is 7.39. The molecule has 22 heavy (non-hydrogen) atoms. The third-order valence-electron chi connectivity index (χ3n) is 2.94. The number of nitrogens with one attached hydrogen (secondary N) is 2. The van der Waals surface area contributed by atoms with Crippen molar-refractivity contribution in [2.75, 3.05) is 19.6 Å². The number of carbonyl (C=O) groups is 1. The molecule has 0 aliphatic rings. The molecule has 0 saturated carbocycles. The zero-order chi connectivity index (χ0) is 15.9. The van der Waals surface area contributed by atoms with Gasteiger partial charge in [-0.3, -0.25) is 9.79 Å². The Morgan fingerprint density at radius 2 is 2.14 bits per heavy atom. The molecule has 1 aromatic rings. The minimum absolute atomic E-state index is 0. The van der Waals surface area contributed by atoms with Crippen LogP contribution in [0.15, 0.2) is 11.2 Å². The first-order valence-corrected chi connectivity index (χ1v) is 7.90. The van der Waals surface area contributed by atoms with Crippen LogP contribution in [0.5, 0.6) is 0 Å². The van der Waals surface area contributed by atoms with Gasteiger partial charge in [0, 0.05) is 30.6 Å². The molecule has 1 aromatic heterocycles. The summed E-state index contributed by atoms with van der Waals surface area (Å²) in [5.41, 5.74) is 4.71. The lowest BCUT2D eigenvalue weighted by molar-refractivity contribution is -0.125. The van der Waals surface area contributed by atoms with E-state index in [2.05, 4.69) is 20.6 Å². The van der Waals surface area contributed by atoms with Crippen LogP contribution in [0.2, 0.25) is 0 Å². The molecule has 0 spiro atoms. The molecule has 1 heterocycles. The van der Waals surface area contributed by atoms with E-state index in [0.29, 0.717) is 12.5 Å². The van der Waals surface area contributed by atoms with Crippen LogP contribution in [0.25, 0.3) is 0 Å². The average Bonchev–Trinajstić information content (AvgIpc) is 2.81. The van der Waals surface area contributed by atoms with Crippen molar-refractivity contribution in [3.63, 3.8) is 0 Å². The lowest BCUT2D eigenvalue weighted by Gasteiger charge is -2.19. The summed E-state index contributed by atoms with van der Waals surface area (Å²) >= 11 is 1.70. The second kappa shape index (κ2) is 9.98. The van der Waals surface area contributed by atoms with Gasteiger partial charge < -0.3 is 16.4 Å². The molecule has 0 aliphatic heterocycles. The highest BCUT2D eigenvalue weighted by Gasteiger charge is 2.24. The van der Waals surface area contributed by atoms with Crippen molar-refractivity contribution in [3.8, 4) is 0 Å². The standard InChI is InChI=1S/C14H25N5OS.HI/c1-5-16-13(19-9-14(3,4)12(15)20)17-7-6-11-18-8-10(2)21-11;/h8H,5-7,9H2,1-4H3,(H2,15,20)(H2,16,17,19);1H. The van der Waals surface area contributed by atoms with Crippen LogP contribution in [-0.4, -0.2) is 36.5 Å². The topological polar surface area (TPSA) is 92.4 Å². The predicted octanol–water partition coefficient (Wildman–Crippen LogP) is 1.68. The fourth-order valence-corrected chi connectivity index (χ4v) is 2.29. The van der Waals surface area contributed by atoms with E-state index in [1.165, 1.54) is 4.88 Å². The van der Waals surface area contributed by atoms with Gasteiger partial charge >= 0.3 is 0 Å². The van der Waals surface area contributed by atoms with Gasteiger partial charge in [-0.1, -0.05) is 0 Å². The quantitative estimate of drug-likeness (QED) is 0.343. The predicted molar refractivity (Wildman–Crippen MR) is 103 cm³/mol. The minimum Gasteiger partial charge on any atom is -0.369 e. The summed E-state index contributed by atoms with van der Waals surface area (Å²) in [6.45, 7) is 9.50. The first-order chi connectivity index (χ1) is 9.85. The number of carbonyl (C=O) groups excluding carboxylic acids is 1. The Balaban J connectivity index is 0.00000441. The summed E-state index contributed by atoms with van der Waals surface area (Å²) in [5, 5.41) is 7.50. The van der Waals surface area contributed by atoms with Crippen LogP contribution in [0, 0.1) is 12.3 Å². The summed E-state index contributed by atoms with van der Waals surface area (Å²) in [5.74, 6) is 0.348. The van der Waals surface area contributed by atoms with Gasteiger partial charge in [-0.25, -0.2) is 4.98 Å². The summed E-state index contributed by atoms with van der Waals surface area (Å²) in [6.07, 6.45) is 2.73. The maximum Gasteiger partial charge on any atom is 0.224 e. The number of primary amides is 1. The maximum atomic E-state index is 11.3. The van der Waals surface area contributed by atoms with E-state index in [9.17, 15) is 4.79 Å². The lowest BCUT2D eigenvalue weighted by Crippen LogP contribution is -2.40. The average molecular weight is 439 g/mol. The van der Waals surface area contributed by atoms with Crippen molar-refractivity contribution >= 4 is 47.2 Å². The molecule has 6 nitrogen and oxygen atoms in total. The first-order valence-electron chi connectivity index (χ1n) is 7.08. The molecule has 0 unspecified atom stereocenters. The lowest BCUT2D eigenvalue weighted by atomic mass is 9.93. The molecule has 0 fully saturated rings. The number of amides is 1. The number of aromatic nitrogens is 1. The number of nitrogens with two attached hydrogens (primary N) is 1. The number of nitrogens with zero attached hydrogens (tertiary/aromatic N) is 2. The Labute approximate surface area is 153 Å². The summed E-state index contributed by atoms with van der Waals surface area (Å²) in [6, 6.07) is 0. The van der Waals surface area contributed by atoms with E-state index in [4.69, 9.17) is 5.73 Å². The molecule has 0 bridgehead atoms. The van der Waals surface area contributed by atoms with Gasteiger partial charge in [0.15, 0.2) is 5.96 Å². The molecule has 126 valence electrons. The summed E-state index contributed by atoms with van der Waals surface area (Å²) < 4.78 is 0. The number of guanidine groups is 1. The molecular weight excluding hydrogens is 413 g/mol. The van der Waals surface area contributed by atoms with Crippen molar-refractivity contribution in [1.29, 1.82) is 0 Å². The number of hydrogen-bond donors (Lipinski definition) is 3. The van der Waals surface area contributed by atoms with Gasteiger partial charge in [0.2, 0.25) is 5.91 Å². The van der Waals surface area contributed by atoms with Crippen LogP contribution in [0.3, 0.4) is 0 Å². The second-order valence-corrected chi connectivity index (χ2v) is 6.80. The van der Waals surface area contributed by atoms with Gasteiger partial charge in [0.1, 0.15) is 0 Å². The van der Waals surface area contributed by atoms with Crippen LogP contribution >= 0.6 is 35.3 Å². The molecule has 1 amide bonds. The number of halogens is 1. The molecular formula is C14H26IN5OS. The Bertz CT molecular complexity index is 501. The van der Waals surface area contributed by atoms with Crippen LogP contribution in [-0.2, 0) is 11.2 Å². The number of rotatable bonds is 7. The molecule has 4 N–H and O–H groups in total. The number of aliphatic imine (C=N–C) groups is 1. The van der Waals surface area contributed by atoms with E-state index in [1.807, 2.05) is 20.0 Å². The van der Waals surface area contributed by atoms with Crippen molar-refractivity contribution < 1.29 is 4.79 Å². The van der Waals surface area contributed by atoms with Crippen molar-refractivity contribution in [1.82, 2.24) is 15.6 Å². The zero-order valence-electron chi connectivity index (χ0n) is 13.6. The SMILES string of the molecule is CCNC(=NCC(C)(C)C(N)=O)NCCc1ncc(C)s1.I. The van der Waals surface area contributed by atoms with Crippen molar-refractivity contribution in [3.05, 3.63) is 16.1 Å². The molecule has 0 atom stereocenters. The molecule has 0 aromatic carbocycles. The highest BCUT2D eigenvalue weighted by Crippen LogP contribution is 2.14. The van der Waals surface area contributed by atoms with Gasteiger partial charge in [-0.05, 0) is 27.7 Å². The van der Waals surface area contributed by atoms with E-state index in [1.54, 1.807) is 25.2 Å². The van der Waals surface area contributed by atoms with Gasteiger partial charge in [-0.2, -0.15) is 0 Å². The van der Waals surface area contributed by atoms with Gasteiger partial charge in [-0.15, -0.1) is 35.3 Å². The van der Waals surface area contributed by atoms with Crippen LogP contribution < -0.4 is 16.4 Å². The maximum absolute atomic E-state index is 11.3. The monoisotopic (exact) mass is 439 g/mol. The highest BCUT2D eigenvalue weighted by molar-refractivity contribution is 14.0. The Morgan fingerprint density at radius 3 is 2.64 bits per heavy atom. The zero-order valence-corrected chi connectivity index (χ0v) is 16.7. The molecule has 8 heteroatoms. The minimum atomic E-state index is -0.644. The van der Waals surface area contributed by atoms with E-state index >= 15 is 0 Å². The third-order valence-corrected chi connectivity index (χ3v) is 3.92.